The van der Waals surface area contributed by atoms with Gasteiger partial charge in [0.25, 0.3) is 0 Å². The minimum atomic E-state index is 1.14. The van der Waals surface area contributed by atoms with E-state index < -0.39 is 0 Å². The fourth-order valence-electron chi connectivity index (χ4n) is 7.24. The molecule has 9 rings (SSSR count). The highest BCUT2D eigenvalue weighted by Gasteiger charge is 2.25. The number of rotatable bonds is 6. The summed E-state index contributed by atoms with van der Waals surface area (Å²) < 4.78 is 0. The largest absolute Gasteiger partial charge is 0.310 e. The monoisotopic (exact) mass is 632 g/mol. The van der Waals surface area contributed by atoms with Crippen LogP contribution in [0.3, 0.4) is 0 Å². The highest BCUT2D eigenvalue weighted by molar-refractivity contribution is 7.99. The molecule has 0 fully saturated rings. The van der Waals surface area contributed by atoms with E-state index in [1.165, 1.54) is 48.0 Å². The zero-order chi connectivity index (χ0) is 32.0. The van der Waals surface area contributed by atoms with Crippen molar-refractivity contribution in [1.29, 1.82) is 0 Å². The normalized spacial score (nSPS) is 11.8. The highest BCUT2D eigenvalue weighted by Crippen LogP contribution is 2.53. The Morgan fingerprint density at radius 1 is 0.375 bits per heavy atom. The quantitative estimate of drug-likeness (QED) is 0.168. The summed E-state index contributed by atoms with van der Waals surface area (Å²) in [5.74, 6) is 0. The molecule has 1 aliphatic heterocycles. The standard InChI is InChI=1S/C45H32N2S/c1-31-38-27-25-36(46(32-15-6-2-7-16-32)33-17-8-3-9-18-33)29-41(38)39-23-14-24-42-45(39)44(31)40-28-26-37(30-43(40)48-42)47(34-19-10-4-11-20-34)35-21-12-5-13-22-35/h2-30H,1H3. The molecule has 0 spiro atoms. The number of aryl methyl sites for hydroxylation is 1. The molecule has 2 nitrogen and oxygen atoms in total. The summed E-state index contributed by atoms with van der Waals surface area (Å²) in [4.78, 5) is 7.28. The van der Waals surface area contributed by atoms with Gasteiger partial charge in [0.05, 0.1) is 0 Å². The highest BCUT2D eigenvalue weighted by atomic mass is 32.2. The number of hydrogen-bond donors (Lipinski definition) is 0. The van der Waals surface area contributed by atoms with Gasteiger partial charge in [-0.1, -0.05) is 109 Å². The second-order valence-corrected chi connectivity index (χ2v) is 13.3. The van der Waals surface area contributed by atoms with E-state index in [0.717, 1.165) is 34.1 Å². The van der Waals surface area contributed by atoms with Crippen LogP contribution in [0.25, 0.3) is 32.7 Å². The second kappa shape index (κ2) is 11.8. The summed E-state index contributed by atoms with van der Waals surface area (Å²) in [6, 6.07) is 63.3. The Morgan fingerprint density at radius 3 is 1.42 bits per heavy atom. The Balaban J connectivity index is 1.22. The topological polar surface area (TPSA) is 6.48 Å². The summed E-state index contributed by atoms with van der Waals surface area (Å²) in [6.45, 7) is 2.30. The average Bonchev–Trinajstić information content (AvgIpc) is 3.15. The summed E-state index contributed by atoms with van der Waals surface area (Å²) in [7, 11) is 0. The van der Waals surface area contributed by atoms with E-state index in [4.69, 9.17) is 0 Å². The van der Waals surface area contributed by atoms with Crippen molar-refractivity contribution >= 4 is 67.4 Å². The van der Waals surface area contributed by atoms with Gasteiger partial charge in [0.1, 0.15) is 0 Å². The van der Waals surface area contributed by atoms with Crippen molar-refractivity contribution in [2.75, 3.05) is 9.80 Å². The maximum atomic E-state index is 2.38. The SMILES string of the molecule is Cc1c2c3c(cccc3c3cc(N(c4ccccc4)c4ccccc4)ccc13)Sc1cc(N(c3ccccc3)c3ccccc3)ccc1-2. The van der Waals surface area contributed by atoms with Gasteiger partial charge in [-0.3, -0.25) is 0 Å². The summed E-state index contributed by atoms with van der Waals surface area (Å²) in [5, 5.41) is 5.21. The third-order valence-electron chi connectivity index (χ3n) is 9.38. The average molecular weight is 633 g/mol. The van der Waals surface area contributed by atoms with Crippen LogP contribution in [0.15, 0.2) is 186 Å². The van der Waals surface area contributed by atoms with Crippen LogP contribution in [0.1, 0.15) is 5.56 Å². The molecule has 0 radical (unpaired) electrons. The minimum absolute atomic E-state index is 1.14. The van der Waals surface area contributed by atoms with Crippen molar-refractivity contribution in [2.45, 2.75) is 16.7 Å². The molecule has 0 N–H and O–H groups in total. The van der Waals surface area contributed by atoms with E-state index in [1.807, 2.05) is 11.8 Å². The molecular weight excluding hydrogens is 601 g/mol. The van der Waals surface area contributed by atoms with E-state index in [-0.39, 0.29) is 0 Å². The van der Waals surface area contributed by atoms with E-state index in [9.17, 15) is 0 Å². The number of para-hydroxylation sites is 4. The van der Waals surface area contributed by atoms with Crippen molar-refractivity contribution in [1.82, 2.24) is 0 Å². The fourth-order valence-corrected chi connectivity index (χ4v) is 8.40. The molecule has 228 valence electrons. The van der Waals surface area contributed by atoms with Crippen LogP contribution in [-0.2, 0) is 0 Å². The van der Waals surface area contributed by atoms with Gasteiger partial charge in [0.2, 0.25) is 0 Å². The van der Waals surface area contributed by atoms with E-state index >= 15 is 0 Å². The lowest BCUT2D eigenvalue weighted by atomic mass is 9.88. The number of hydrogen-bond acceptors (Lipinski definition) is 3. The zero-order valence-corrected chi connectivity index (χ0v) is 27.4. The Kier molecular flexibility index (Phi) is 6.99. The Labute approximate surface area is 285 Å². The molecule has 8 aromatic carbocycles. The number of fused-ring (bicyclic) bond motifs is 4. The molecule has 0 bridgehead atoms. The number of anilines is 6. The predicted octanol–water partition coefficient (Wildman–Crippen LogP) is 13.4. The first-order valence-corrected chi connectivity index (χ1v) is 17.2. The predicted molar refractivity (Wildman–Crippen MR) is 205 cm³/mol. The van der Waals surface area contributed by atoms with Gasteiger partial charge in [0.15, 0.2) is 0 Å². The van der Waals surface area contributed by atoms with Gasteiger partial charge < -0.3 is 9.80 Å². The smallest absolute Gasteiger partial charge is 0.0473 e. The molecule has 0 aromatic heterocycles. The lowest BCUT2D eigenvalue weighted by molar-refractivity contribution is 1.26. The fraction of sp³-hybridized carbons (Fsp3) is 0.0222. The molecule has 48 heavy (non-hydrogen) atoms. The van der Waals surface area contributed by atoms with Crippen molar-refractivity contribution in [3.05, 3.63) is 181 Å². The zero-order valence-electron chi connectivity index (χ0n) is 26.5. The summed E-state index contributed by atoms with van der Waals surface area (Å²) in [5.41, 5.74) is 10.8. The molecule has 1 heterocycles. The van der Waals surface area contributed by atoms with E-state index in [0.29, 0.717) is 0 Å². The molecule has 3 heteroatoms. The first kappa shape index (κ1) is 28.5. The summed E-state index contributed by atoms with van der Waals surface area (Å²) in [6.07, 6.45) is 0. The second-order valence-electron chi connectivity index (χ2n) is 12.2. The van der Waals surface area contributed by atoms with Gasteiger partial charge in [-0.25, -0.2) is 0 Å². The van der Waals surface area contributed by atoms with Gasteiger partial charge >= 0.3 is 0 Å². The third kappa shape index (κ3) is 4.74. The van der Waals surface area contributed by atoms with Crippen LogP contribution in [0.5, 0.6) is 0 Å². The van der Waals surface area contributed by atoms with Crippen molar-refractivity contribution in [2.24, 2.45) is 0 Å². The molecule has 0 atom stereocenters. The molecule has 1 aliphatic rings. The van der Waals surface area contributed by atoms with Crippen molar-refractivity contribution in [3.63, 3.8) is 0 Å². The van der Waals surface area contributed by atoms with Crippen LogP contribution < -0.4 is 9.80 Å². The van der Waals surface area contributed by atoms with Crippen LogP contribution in [0.2, 0.25) is 0 Å². The minimum Gasteiger partial charge on any atom is -0.310 e. The molecule has 0 amide bonds. The number of nitrogens with zero attached hydrogens (tertiary/aromatic N) is 2. The van der Waals surface area contributed by atoms with Gasteiger partial charge in [0, 0.05) is 49.3 Å². The van der Waals surface area contributed by atoms with E-state index in [1.54, 1.807) is 0 Å². The van der Waals surface area contributed by atoms with Gasteiger partial charge in [-0.15, -0.1) is 0 Å². The maximum Gasteiger partial charge on any atom is 0.0473 e. The van der Waals surface area contributed by atoms with E-state index in [2.05, 4.69) is 193 Å². The maximum absolute atomic E-state index is 2.38. The van der Waals surface area contributed by atoms with Gasteiger partial charge in [-0.2, -0.15) is 0 Å². The Morgan fingerprint density at radius 2 is 0.875 bits per heavy atom. The molecule has 0 saturated heterocycles. The molecule has 0 saturated carbocycles. The molecule has 0 aliphatic carbocycles. The number of benzene rings is 8. The Hall–Kier alpha value is -5.77. The molecule has 0 unspecified atom stereocenters. The molecule has 8 aromatic rings. The molecular formula is C45H32N2S. The van der Waals surface area contributed by atoms with Crippen LogP contribution in [0.4, 0.5) is 34.1 Å². The van der Waals surface area contributed by atoms with Crippen LogP contribution in [0, 0.1) is 6.92 Å². The van der Waals surface area contributed by atoms with Crippen molar-refractivity contribution < 1.29 is 0 Å². The third-order valence-corrected chi connectivity index (χ3v) is 10.5. The van der Waals surface area contributed by atoms with Crippen LogP contribution >= 0.6 is 11.8 Å². The Bertz CT molecular complexity index is 2350. The van der Waals surface area contributed by atoms with Crippen LogP contribution in [-0.4, -0.2) is 0 Å². The summed E-state index contributed by atoms with van der Waals surface area (Å²) >= 11 is 1.88. The van der Waals surface area contributed by atoms with Gasteiger partial charge in [-0.05, 0) is 119 Å². The lowest BCUT2D eigenvalue weighted by Crippen LogP contribution is -2.10. The lowest BCUT2D eigenvalue weighted by Gasteiger charge is -2.29. The first-order valence-electron chi connectivity index (χ1n) is 16.4. The first-order chi connectivity index (χ1) is 23.7. The van der Waals surface area contributed by atoms with Crippen molar-refractivity contribution in [3.8, 4) is 11.1 Å².